The van der Waals surface area contributed by atoms with E-state index in [0.29, 0.717) is 17.8 Å². The first-order chi connectivity index (χ1) is 10.9. The number of nitro groups is 1. The van der Waals surface area contributed by atoms with E-state index in [1.165, 1.54) is 42.4 Å². The van der Waals surface area contributed by atoms with E-state index in [1.807, 2.05) is 6.92 Å². The highest BCUT2D eigenvalue weighted by atomic mass is 16.6. The van der Waals surface area contributed by atoms with Crippen LogP contribution in [0.4, 0.5) is 5.69 Å². The second-order valence-corrected chi connectivity index (χ2v) is 4.91. The Hall–Kier alpha value is -2.96. The summed E-state index contributed by atoms with van der Waals surface area (Å²) < 4.78 is 4.76. The van der Waals surface area contributed by atoms with Crippen molar-refractivity contribution >= 4 is 23.6 Å². The zero-order valence-corrected chi connectivity index (χ0v) is 13.0. The summed E-state index contributed by atoms with van der Waals surface area (Å²) in [4.78, 5) is 36.1. The number of hydrogen-bond donors (Lipinski definition) is 0. The predicted molar refractivity (Wildman–Crippen MR) is 83.2 cm³/mol. The zero-order chi connectivity index (χ0) is 17.1. The number of nitro benzene ring substituents is 1. The second kappa shape index (κ2) is 6.43. The topological polar surface area (TPSA) is 89.8 Å². The van der Waals surface area contributed by atoms with Gasteiger partial charge >= 0.3 is 5.97 Å². The molecule has 0 saturated carbocycles. The fourth-order valence-corrected chi connectivity index (χ4v) is 2.47. The van der Waals surface area contributed by atoms with Crippen LogP contribution in [-0.2, 0) is 14.3 Å². The van der Waals surface area contributed by atoms with Gasteiger partial charge in [0.1, 0.15) is 0 Å². The molecular weight excluding hydrogens is 300 g/mol. The van der Waals surface area contributed by atoms with E-state index in [4.69, 9.17) is 4.74 Å². The number of likely N-dealkylation sites (N-methyl/N-ethyl adjacent to an activating group) is 1. The van der Waals surface area contributed by atoms with Gasteiger partial charge in [-0.25, -0.2) is 4.79 Å². The van der Waals surface area contributed by atoms with Gasteiger partial charge in [0, 0.05) is 24.4 Å². The van der Waals surface area contributed by atoms with Gasteiger partial charge < -0.3 is 9.64 Å². The molecule has 0 fully saturated rings. The molecule has 0 spiro atoms. The zero-order valence-electron chi connectivity index (χ0n) is 13.0. The quantitative estimate of drug-likeness (QED) is 0.368. The summed E-state index contributed by atoms with van der Waals surface area (Å²) in [5.74, 6) is -0.872. The molecule has 1 aliphatic rings. The number of methoxy groups -OCH3 is 1. The molecule has 7 heteroatoms. The van der Waals surface area contributed by atoms with Gasteiger partial charge in [-0.05, 0) is 37.6 Å². The fraction of sp³-hybridized carbons (Fsp3) is 0.250. The summed E-state index contributed by atoms with van der Waals surface area (Å²) in [6, 6.07) is 5.74. The predicted octanol–water partition coefficient (Wildman–Crippen LogP) is 2.29. The average Bonchev–Trinajstić information content (AvgIpc) is 2.77. The second-order valence-electron chi connectivity index (χ2n) is 4.91. The number of non-ortho nitro benzene ring substituents is 1. The van der Waals surface area contributed by atoms with Crippen molar-refractivity contribution in [3.63, 3.8) is 0 Å². The van der Waals surface area contributed by atoms with Crippen LogP contribution in [0.2, 0.25) is 0 Å². The molecule has 0 saturated heterocycles. The van der Waals surface area contributed by atoms with Crippen molar-refractivity contribution in [2.45, 2.75) is 13.8 Å². The number of rotatable bonds is 4. The molecule has 0 bridgehead atoms. The standard InChI is InChI=1S/C16H16N2O5/c1-4-17-10(2)14(16(20)23-3)13(15(17)19)9-11-5-7-12(8-6-11)18(21)22/h5-9H,4H2,1-3H3/b13-9-. The minimum absolute atomic E-state index is 0.0417. The molecule has 1 amide bonds. The molecular formula is C16H16N2O5. The van der Waals surface area contributed by atoms with E-state index in [2.05, 4.69) is 0 Å². The number of carbonyl (C=O) groups excluding carboxylic acids is 2. The van der Waals surface area contributed by atoms with Crippen molar-refractivity contribution in [2.75, 3.05) is 13.7 Å². The van der Waals surface area contributed by atoms with E-state index in [-0.39, 0.29) is 22.7 Å². The molecule has 1 aromatic rings. The van der Waals surface area contributed by atoms with Crippen LogP contribution < -0.4 is 0 Å². The van der Waals surface area contributed by atoms with Gasteiger partial charge in [0.2, 0.25) is 0 Å². The van der Waals surface area contributed by atoms with Gasteiger partial charge in [0.15, 0.2) is 0 Å². The van der Waals surface area contributed by atoms with Crippen molar-refractivity contribution in [1.82, 2.24) is 4.90 Å². The van der Waals surface area contributed by atoms with Crippen LogP contribution in [0, 0.1) is 10.1 Å². The molecule has 2 rings (SSSR count). The van der Waals surface area contributed by atoms with Crippen molar-refractivity contribution in [1.29, 1.82) is 0 Å². The maximum atomic E-state index is 12.5. The number of amides is 1. The fourth-order valence-electron chi connectivity index (χ4n) is 2.47. The van der Waals surface area contributed by atoms with Gasteiger partial charge in [-0.2, -0.15) is 0 Å². The molecule has 0 unspecified atom stereocenters. The Labute approximate surface area is 133 Å². The highest BCUT2D eigenvalue weighted by molar-refractivity contribution is 6.16. The van der Waals surface area contributed by atoms with Crippen LogP contribution in [0.3, 0.4) is 0 Å². The van der Waals surface area contributed by atoms with E-state index in [0.717, 1.165) is 0 Å². The first-order valence-electron chi connectivity index (χ1n) is 6.98. The third kappa shape index (κ3) is 2.98. The lowest BCUT2D eigenvalue weighted by atomic mass is 10.0. The number of carbonyl (C=O) groups is 2. The van der Waals surface area contributed by atoms with Crippen molar-refractivity contribution in [2.24, 2.45) is 0 Å². The first-order valence-corrected chi connectivity index (χ1v) is 6.98. The molecule has 1 aromatic carbocycles. The highest BCUT2D eigenvalue weighted by Crippen LogP contribution is 2.31. The lowest BCUT2D eigenvalue weighted by Crippen LogP contribution is -2.24. The number of benzene rings is 1. The molecule has 23 heavy (non-hydrogen) atoms. The summed E-state index contributed by atoms with van der Waals surface area (Å²) in [5, 5.41) is 10.7. The van der Waals surface area contributed by atoms with Gasteiger partial charge in [-0.1, -0.05) is 0 Å². The summed E-state index contributed by atoms with van der Waals surface area (Å²) >= 11 is 0. The van der Waals surface area contributed by atoms with Crippen molar-refractivity contribution in [3.8, 4) is 0 Å². The third-order valence-electron chi connectivity index (χ3n) is 3.63. The maximum Gasteiger partial charge on any atom is 0.340 e. The van der Waals surface area contributed by atoms with E-state index >= 15 is 0 Å². The Morgan fingerprint density at radius 2 is 1.96 bits per heavy atom. The summed E-state index contributed by atoms with van der Waals surface area (Å²) in [7, 11) is 1.26. The van der Waals surface area contributed by atoms with Crippen molar-refractivity contribution in [3.05, 3.63) is 56.8 Å². The van der Waals surface area contributed by atoms with Crippen LogP contribution in [0.5, 0.6) is 0 Å². The molecule has 0 aliphatic carbocycles. The molecule has 1 aliphatic heterocycles. The smallest absolute Gasteiger partial charge is 0.340 e. The molecule has 1 heterocycles. The van der Waals surface area contributed by atoms with Gasteiger partial charge in [0.05, 0.1) is 23.2 Å². The van der Waals surface area contributed by atoms with E-state index in [9.17, 15) is 19.7 Å². The minimum atomic E-state index is -0.583. The molecule has 0 aromatic heterocycles. The first kappa shape index (κ1) is 16.4. The lowest BCUT2D eigenvalue weighted by Gasteiger charge is -2.14. The summed E-state index contributed by atoms with van der Waals surface area (Å²) in [5.41, 5.74) is 1.53. The average molecular weight is 316 g/mol. The number of ether oxygens (including phenoxy) is 1. The van der Waals surface area contributed by atoms with Crippen molar-refractivity contribution < 1.29 is 19.2 Å². The highest BCUT2D eigenvalue weighted by Gasteiger charge is 2.36. The number of allylic oxidation sites excluding steroid dienone is 1. The van der Waals surface area contributed by atoms with E-state index < -0.39 is 10.9 Å². The Bertz CT molecular complexity index is 731. The Balaban J connectivity index is 2.48. The molecule has 7 nitrogen and oxygen atoms in total. The molecule has 120 valence electrons. The van der Waals surface area contributed by atoms with Crippen LogP contribution >= 0.6 is 0 Å². The van der Waals surface area contributed by atoms with Crippen LogP contribution in [0.1, 0.15) is 19.4 Å². The normalized spacial score (nSPS) is 16.2. The monoisotopic (exact) mass is 316 g/mol. The van der Waals surface area contributed by atoms with Gasteiger partial charge in [-0.3, -0.25) is 14.9 Å². The largest absolute Gasteiger partial charge is 0.465 e. The Morgan fingerprint density at radius 3 is 2.43 bits per heavy atom. The van der Waals surface area contributed by atoms with Gasteiger partial charge in [-0.15, -0.1) is 0 Å². The molecule has 0 atom stereocenters. The van der Waals surface area contributed by atoms with E-state index in [1.54, 1.807) is 6.92 Å². The Morgan fingerprint density at radius 1 is 1.35 bits per heavy atom. The maximum absolute atomic E-state index is 12.5. The minimum Gasteiger partial charge on any atom is -0.465 e. The summed E-state index contributed by atoms with van der Waals surface area (Å²) in [6.07, 6.45) is 1.54. The lowest BCUT2D eigenvalue weighted by molar-refractivity contribution is -0.384. The van der Waals surface area contributed by atoms with Crippen LogP contribution in [-0.4, -0.2) is 35.4 Å². The Kier molecular flexibility index (Phi) is 4.59. The molecule has 0 N–H and O–H groups in total. The summed E-state index contributed by atoms with van der Waals surface area (Å²) in [6.45, 7) is 3.93. The SMILES string of the molecule is CCN1C(=O)/C(=C\c2ccc([N+](=O)[O-])cc2)C(C(=O)OC)=C1C. The van der Waals surface area contributed by atoms with Crippen LogP contribution in [0.25, 0.3) is 6.08 Å². The number of nitrogens with zero attached hydrogens (tertiary/aromatic N) is 2. The molecule has 0 radical (unpaired) electrons. The third-order valence-corrected chi connectivity index (χ3v) is 3.63. The number of esters is 1. The number of hydrogen-bond acceptors (Lipinski definition) is 5. The van der Waals surface area contributed by atoms with Crippen LogP contribution in [0.15, 0.2) is 41.1 Å². The van der Waals surface area contributed by atoms with Gasteiger partial charge in [0.25, 0.3) is 11.6 Å².